The van der Waals surface area contributed by atoms with E-state index in [0.717, 1.165) is 19.4 Å². The van der Waals surface area contributed by atoms with Crippen LogP contribution in [0.25, 0.3) is 10.8 Å². The highest BCUT2D eigenvalue weighted by Crippen LogP contribution is 2.29. The van der Waals surface area contributed by atoms with Crippen LogP contribution in [0.3, 0.4) is 0 Å². The van der Waals surface area contributed by atoms with Crippen LogP contribution in [0.1, 0.15) is 19.8 Å². The van der Waals surface area contributed by atoms with Crippen LogP contribution in [0.4, 0.5) is 5.69 Å². The Morgan fingerprint density at radius 1 is 1.16 bits per heavy atom. The fourth-order valence-electron chi connectivity index (χ4n) is 3.04. The molecule has 3 N–H and O–H groups in total. The largest absolute Gasteiger partial charge is 0.326 e. The van der Waals surface area contributed by atoms with Crippen molar-refractivity contribution < 1.29 is 13.2 Å². The summed E-state index contributed by atoms with van der Waals surface area (Å²) in [6.07, 6.45) is 1.78. The van der Waals surface area contributed by atoms with Crippen LogP contribution in [-0.2, 0) is 14.8 Å². The first-order valence-corrected chi connectivity index (χ1v) is 9.48. The molecule has 1 heterocycles. The smallest absolute Gasteiger partial charge is 0.241 e. The van der Waals surface area contributed by atoms with Gasteiger partial charge in [0.2, 0.25) is 15.9 Å². The molecule has 0 aromatic heterocycles. The summed E-state index contributed by atoms with van der Waals surface area (Å²) in [6, 6.07) is 10.3. The van der Waals surface area contributed by atoms with Crippen LogP contribution in [0.2, 0.25) is 0 Å². The summed E-state index contributed by atoms with van der Waals surface area (Å²) in [6.45, 7) is 2.99. The zero-order valence-corrected chi connectivity index (χ0v) is 15.5. The minimum absolute atomic E-state index is 0. The Hall–Kier alpha value is -1.67. The highest BCUT2D eigenvalue weighted by Gasteiger charge is 2.24. The predicted octanol–water partition coefficient (Wildman–Crippen LogP) is 2.25. The van der Waals surface area contributed by atoms with Gasteiger partial charge in [0.25, 0.3) is 0 Å². The summed E-state index contributed by atoms with van der Waals surface area (Å²) in [5.74, 6) is -0.192. The number of benzene rings is 2. The van der Waals surface area contributed by atoms with Crippen LogP contribution in [-0.4, -0.2) is 33.5 Å². The molecule has 2 aromatic rings. The molecule has 136 valence electrons. The van der Waals surface area contributed by atoms with Gasteiger partial charge in [-0.2, -0.15) is 0 Å². The van der Waals surface area contributed by atoms with Crippen molar-refractivity contribution in [1.29, 1.82) is 0 Å². The third kappa shape index (κ3) is 4.49. The number of carbonyl (C=O) groups is 1. The second-order valence-electron chi connectivity index (χ2n) is 6.00. The van der Waals surface area contributed by atoms with Crippen LogP contribution < -0.4 is 15.4 Å². The van der Waals surface area contributed by atoms with E-state index in [9.17, 15) is 13.2 Å². The lowest BCUT2D eigenvalue weighted by Crippen LogP contribution is -2.45. The van der Waals surface area contributed by atoms with Crippen LogP contribution >= 0.6 is 12.4 Å². The van der Waals surface area contributed by atoms with Crippen LogP contribution in [0, 0.1) is 0 Å². The van der Waals surface area contributed by atoms with Crippen molar-refractivity contribution in [2.24, 2.45) is 0 Å². The second kappa shape index (κ2) is 8.14. The Labute approximate surface area is 153 Å². The molecule has 3 rings (SSSR count). The average molecular weight is 384 g/mol. The number of carbonyl (C=O) groups excluding carboxylic acids is 1. The molecule has 0 spiro atoms. The maximum atomic E-state index is 12.8. The van der Waals surface area contributed by atoms with Crippen LogP contribution in [0.5, 0.6) is 0 Å². The number of hydrogen-bond acceptors (Lipinski definition) is 4. The first-order chi connectivity index (χ1) is 11.5. The van der Waals surface area contributed by atoms with E-state index in [1.165, 1.54) is 6.92 Å². The lowest BCUT2D eigenvalue weighted by molar-refractivity contribution is -0.114. The summed E-state index contributed by atoms with van der Waals surface area (Å²) in [7, 11) is -3.63. The molecule has 0 saturated carbocycles. The molecule has 1 aliphatic rings. The van der Waals surface area contributed by atoms with E-state index >= 15 is 0 Å². The third-order valence-electron chi connectivity index (χ3n) is 4.10. The van der Waals surface area contributed by atoms with Gasteiger partial charge in [0.05, 0.1) is 4.90 Å². The van der Waals surface area contributed by atoms with Crippen molar-refractivity contribution in [3.8, 4) is 0 Å². The van der Waals surface area contributed by atoms with E-state index in [1.807, 2.05) is 12.1 Å². The highest BCUT2D eigenvalue weighted by molar-refractivity contribution is 7.89. The number of sulfonamides is 1. The Morgan fingerprint density at radius 2 is 1.88 bits per heavy atom. The van der Waals surface area contributed by atoms with E-state index in [4.69, 9.17) is 0 Å². The number of anilines is 1. The maximum Gasteiger partial charge on any atom is 0.241 e. The summed E-state index contributed by atoms with van der Waals surface area (Å²) in [5.41, 5.74) is 0.608. The Bertz CT molecular complexity index is 865. The van der Waals surface area contributed by atoms with Gasteiger partial charge < -0.3 is 10.6 Å². The van der Waals surface area contributed by atoms with Gasteiger partial charge in [0.1, 0.15) is 0 Å². The predicted molar refractivity (Wildman–Crippen MR) is 102 cm³/mol. The molecular formula is C17H22ClN3O3S. The van der Waals surface area contributed by atoms with Crippen molar-refractivity contribution in [1.82, 2.24) is 10.0 Å². The molecule has 2 aromatic carbocycles. The Balaban J connectivity index is 0.00000225. The average Bonchev–Trinajstić information content (AvgIpc) is 2.55. The lowest BCUT2D eigenvalue weighted by atomic mass is 10.1. The van der Waals surface area contributed by atoms with Gasteiger partial charge in [-0.25, -0.2) is 13.1 Å². The normalized spacial score (nSPS) is 17.7. The van der Waals surface area contributed by atoms with E-state index < -0.39 is 10.0 Å². The zero-order chi connectivity index (χ0) is 17.2. The molecule has 0 radical (unpaired) electrons. The van der Waals surface area contributed by atoms with Gasteiger partial charge in [-0.3, -0.25) is 4.79 Å². The molecule has 6 nitrogen and oxygen atoms in total. The molecule has 1 amide bonds. The minimum atomic E-state index is -3.63. The van der Waals surface area contributed by atoms with Crippen molar-refractivity contribution in [2.45, 2.75) is 30.7 Å². The zero-order valence-electron chi connectivity index (χ0n) is 13.9. The number of piperidine rings is 1. The number of hydrogen-bond donors (Lipinski definition) is 3. The van der Waals surface area contributed by atoms with Crippen molar-refractivity contribution in [2.75, 3.05) is 18.4 Å². The first-order valence-electron chi connectivity index (χ1n) is 8.00. The lowest BCUT2D eigenvalue weighted by Gasteiger charge is -2.24. The molecule has 0 aliphatic carbocycles. The number of fused-ring (bicyclic) bond motifs is 1. The molecule has 1 fully saturated rings. The van der Waals surface area contributed by atoms with Gasteiger partial charge in [-0.05, 0) is 31.5 Å². The first kappa shape index (κ1) is 19.7. The van der Waals surface area contributed by atoms with Gasteiger partial charge in [-0.1, -0.05) is 24.3 Å². The molecule has 1 aliphatic heterocycles. The molecule has 1 unspecified atom stereocenters. The highest BCUT2D eigenvalue weighted by atomic mass is 35.5. The summed E-state index contributed by atoms with van der Waals surface area (Å²) in [4.78, 5) is 11.6. The molecule has 1 atom stereocenters. The topological polar surface area (TPSA) is 87.3 Å². The fourth-order valence-corrected chi connectivity index (χ4v) is 4.52. The summed E-state index contributed by atoms with van der Waals surface area (Å²) in [5, 5.41) is 7.25. The third-order valence-corrected chi connectivity index (χ3v) is 5.68. The summed E-state index contributed by atoms with van der Waals surface area (Å²) >= 11 is 0. The minimum Gasteiger partial charge on any atom is -0.326 e. The van der Waals surface area contributed by atoms with E-state index in [1.54, 1.807) is 24.3 Å². The second-order valence-corrected chi connectivity index (χ2v) is 7.68. The van der Waals surface area contributed by atoms with Crippen molar-refractivity contribution in [3.05, 3.63) is 36.4 Å². The number of rotatable bonds is 4. The summed E-state index contributed by atoms with van der Waals surface area (Å²) < 4.78 is 28.4. The van der Waals surface area contributed by atoms with Gasteiger partial charge in [0, 0.05) is 36.0 Å². The van der Waals surface area contributed by atoms with Crippen molar-refractivity contribution >= 4 is 44.8 Å². The number of nitrogens with one attached hydrogen (secondary N) is 3. The molecule has 1 saturated heterocycles. The standard InChI is InChI=1S/C17H21N3O3S.ClH/c1-12(21)19-16-8-9-17(15-7-3-2-6-14(15)16)24(22,23)20-13-5-4-10-18-11-13;/h2-3,6-9,13,18,20H,4-5,10-11H2,1H3,(H,19,21);1H. The molecular weight excluding hydrogens is 362 g/mol. The van der Waals surface area contributed by atoms with Gasteiger partial charge in [-0.15, -0.1) is 12.4 Å². The molecule has 0 bridgehead atoms. The monoisotopic (exact) mass is 383 g/mol. The van der Waals surface area contributed by atoms with Crippen molar-refractivity contribution in [3.63, 3.8) is 0 Å². The SMILES string of the molecule is CC(=O)Nc1ccc(S(=O)(=O)NC2CCCNC2)c2ccccc12.Cl. The van der Waals surface area contributed by atoms with E-state index in [-0.39, 0.29) is 29.3 Å². The molecule has 8 heteroatoms. The Kier molecular flexibility index (Phi) is 6.40. The fraction of sp³-hybridized carbons (Fsp3) is 0.353. The Morgan fingerprint density at radius 3 is 2.52 bits per heavy atom. The number of amides is 1. The van der Waals surface area contributed by atoms with E-state index in [0.29, 0.717) is 23.0 Å². The maximum absolute atomic E-state index is 12.8. The number of halogens is 1. The van der Waals surface area contributed by atoms with Crippen LogP contribution in [0.15, 0.2) is 41.3 Å². The quantitative estimate of drug-likeness (QED) is 0.755. The van der Waals surface area contributed by atoms with Gasteiger partial charge >= 0.3 is 0 Å². The molecule has 25 heavy (non-hydrogen) atoms. The van der Waals surface area contributed by atoms with Gasteiger partial charge in [0.15, 0.2) is 0 Å². The van der Waals surface area contributed by atoms with E-state index in [2.05, 4.69) is 15.4 Å².